The summed E-state index contributed by atoms with van der Waals surface area (Å²) in [6.45, 7) is 8.70. The molecule has 0 saturated heterocycles. The van der Waals surface area contributed by atoms with Gasteiger partial charge < -0.3 is 0 Å². The normalized spacial score (nSPS) is 13.8. The molecule has 44 heavy (non-hydrogen) atoms. The fraction of sp³-hybridized carbons (Fsp3) is 0.0952. The van der Waals surface area contributed by atoms with Gasteiger partial charge in [0, 0.05) is 25.6 Å². The van der Waals surface area contributed by atoms with Crippen LogP contribution >= 0.6 is 23.1 Å². The summed E-state index contributed by atoms with van der Waals surface area (Å²) in [4.78, 5) is 3.81. The van der Waals surface area contributed by atoms with E-state index in [0.717, 1.165) is 0 Å². The Bertz CT molecular complexity index is 2250. The summed E-state index contributed by atoms with van der Waals surface area (Å²) in [5.41, 5.74) is 9.42. The summed E-state index contributed by atoms with van der Waals surface area (Å²) in [7, 11) is 0. The molecule has 0 saturated carbocycles. The minimum atomic E-state index is -0.0857. The van der Waals surface area contributed by atoms with Gasteiger partial charge in [-0.15, -0.1) is 23.1 Å². The van der Waals surface area contributed by atoms with Gasteiger partial charge in [-0.25, -0.2) is 0 Å². The molecule has 0 unspecified atom stereocenters. The lowest BCUT2D eigenvalue weighted by Crippen LogP contribution is -2.15. The summed E-state index contributed by atoms with van der Waals surface area (Å²) in [5.74, 6) is 0. The van der Waals surface area contributed by atoms with Crippen molar-refractivity contribution in [2.24, 2.45) is 0 Å². The first-order valence-corrected chi connectivity index (χ1v) is 17.1. The Morgan fingerprint density at radius 2 is 1.16 bits per heavy atom. The second-order valence-electron chi connectivity index (χ2n) is 12.0. The molecule has 212 valence electrons. The van der Waals surface area contributed by atoms with E-state index in [4.69, 9.17) is 0 Å². The highest BCUT2D eigenvalue weighted by atomic mass is 32.2. The number of benzene rings is 6. The van der Waals surface area contributed by atoms with Crippen molar-refractivity contribution in [2.45, 2.75) is 19.3 Å². The molecular formula is C42H32S2. The van der Waals surface area contributed by atoms with Crippen molar-refractivity contribution in [3.63, 3.8) is 0 Å². The lowest BCUT2D eigenvalue weighted by Gasteiger charge is -2.24. The van der Waals surface area contributed by atoms with E-state index in [-0.39, 0.29) is 5.41 Å². The Balaban J connectivity index is 1.48. The van der Waals surface area contributed by atoms with Crippen LogP contribution in [0.1, 0.15) is 29.9 Å². The summed E-state index contributed by atoms with van der Waals surface area (Å²) in [6.07, 6.45) is 6.12. The number of thiophene rings is 1. The maximum absolute atomic E-state index is 3.94. The zero-order valence-corrected chi connectivity index (χ0v) is 26.8. The molecule has 0 nitrogen and oxygen atoms in total. The van der Waals surface area contributed by atoms with Gasteiger partial charge in [0.2, 0.25) is 0 Å². The fourth-order valence-corrected chi connectivity index (χ4v) is 9.28. The second-order valence-corrected chi connectivity index (χ2v) is 14.0. The average molecular weight is 601 g/mol. The highest BCUT2D eigenvalue weighted by Crippen LogP contribution is 2.55. The summed E-state index contributed by atoms with van der Waals surface area (Å²) >= 11 is 3.63. The topological polar surface area (TPSA) is 0 Å². The van der Waals surface area contributed by atoms with Crippen LogP contribution in [-0.2, 0) is 5.41 Å². The molecule has 0 bridgehead atoms. The van der Waals surface area contributed by atoms with Crippen molar-refractivity contribution in [1.29, 1.82) is 0 Å². The number of hydrogen-bond acceptors (Lipinski definition) is 2. The lowest BCUT2D eigenvalue weighted by molar-refractivity contribution is 0.661. The van der Waals surface area contributed by atoms with Crippen LogP contribution in [0.2, 0.25) is 0 Å². The van der Waals surface area contributed by atoms with E-state index in [0.29, 0.717) is 0 Å². The minimum Gasteiger partial charge on any atom is -0.135 e. The molecule has 0 amide bonds. The van der Waals surface area contributed by atoms with Crippen LogP contribution in [0.3, 0.4) is 0 Å². The predicted molar refractivity (Wildman–Crippen MR) is 197 cm³/mol. The van der Waals surface area contributed by atoms with Crippen molar-refractivity contribution >= 4 is 60.3 Å². The van der Waals surface area contributed by atoms with E-state index < -0.39 is 0 Å². The number of allylic oxidation sites excluding steroid dienone is 2. The van der Waals surface area contributed by atoms with Crippen molar-refractivity contribution in [3.05, 3.63) is 150 Å². The quantitative estimate of drug-likeness (QED) is 0.140. The maximum Gasteiger partial charge on any atom is 0.0412 e. The standard InChI is InChI=1S/C42H32S2/c1-5-14-36(43-4)37-23-24-38(44-37)41-30-19-10-8-17-28(30)39(29-18-9-11-20-31(29)41)33-25-35-40(27-16-7-6-15-26(27)33)32-21-12-13-22-34(32)42(35,2)3/h5-25H,1H2,2-4H3/b36-14-. The van der Waals surface area contributed by atoms with E-state index >= 15 is 0 Å². The van der Waals surface area contributed by atoms with Crippen molar-refractivity contribution < 1.29 is 0 Å². The van der Waals surface area contributed by atoms with E-state index in [1.54, 1.807) is 11.8 Å². The van der Waals surface area contributed by atoms with Gasteiger partial charge in [-0.05, 0) is 96.2 Å². The summed E-state index contributed by atoms with van der Waals surface area (Å²) in [5, 5.41) is 7.80. The number of hydrogen-bond donors (Lipinski definition) is 0. The molecule has 0 fully saturated rings. The van der Waals surface area contributed by atoms with E-state index in [1.807, 2.05) is 17.4 Å². The number of fused-ring (bicyclic) bond motifs is 7. The highest BCUT2D eigenvalue weighted by molar-refractivity contribution is 8.07. The molecule has 1 aliphatic rings. The van der Waals surface area contributed by atoms with Crippen molar-refractivity contribution in [1.82, 2.24) is 0 Å². The Kier molecular flexibility index (Phi) is 6.41. The Hall–Kier alpha value is -4.37. The van der Waals surface area contributed by atoms with Gasteiger partial charge in [-0.2, -0.15) is 0 Å². The fourth-order valence-electron chi connectivity index (χ4n) is 7.40. The smallest absolute Gasteiger partial charge is 0.0412 e. The van der Waals surface area contributed by atoms with Crippen LogP contribution in [0.5, 0.6) is 0 Å². The largest absolute Gasteiger partial charge is 0.135 e. The third-order valence-electron chi connectivity index (χ3n) is 9.37. The third-order valence-corrected chi connectivity index (χ3v) is 11.4. The first-order valence-electron chi connectivity index (χ1n) is 15.1. The molecule has 1 heterocycles. The molecule has 7 aromatic rings. The maximum atomic E-state index is 3.94. The molecule has 0 aliphatic heterocycles. The first kappa shape index (κ1) is 27.2. The van der Waals surface area contributed by atoms with Crippen LogP contribution in [-0.4, -0.2) is 6.26 Å². The highest BCUT2D eigenvalue weighted by Gasteiger charge is 2.37. The second kappa shape index (κ2) is 10.4. The van der Waals surface area contributed by atoms with Gasteiger partial charge in [0.05, 0.1) is 0 Å². The van der Waals surface area contributed by atoms with Crippen molar-refractivity contribution in [2.75, 3.05) is 6.26 Å². The average Bonchev–Trinajstić information content (AvgIpc) is 3.63. The van der Waals surface area contributed by atoms with Crippen LogP contribution in [0.25, 0.3) is 69.9 Å². The molecule has 0 radical (unpaired) electrons. The first-order chi connectivity index (χ1) is 21.5. The Labute approximate surface area is 267 Å². The Morgan fingerprint density at radius 1 is 0.614 bits per heavy atom. The molecule has 1 aromatic heterocycles. The van der Waals surface area contributed by atoms with Crippen LogP contribution < -0.4 is 0 Å². The van der Waals surface area contributed by atoms with Gasteiger partial charge in [-0.3, -0.25) is 0 Å². The molecule has 0 N–H and O–H groups in total. The zero-order chi connectivity index (χ0) is 30.0. The number of thioether (sulfide) groups is 1. The Morgan fingerprint density at radius 3 is 1.77 bits per heavy atom. The van der Waals surface area contributed by atoms with Gasteiger partial charge in [-0.1, -0.05) is 124 Å². The predicted octanol–water partition coefficient (Wildman–Crippen LogP) is 12.7. The molecular weight excluding hydrogens is 569 g/mol. The molecule has 2 heteroatoms. The van der Waals surface area contributed by atoms with Gasteiger partial charge in [0.1, 0.15) is 0 Å². The zero-order valence-electron chi connectivity index (χ0n) is 25.1. The summed E-state index contributed by atoms with van der Waals surface area (Å²) < 4.78 is 0. The molecule has 0 atom stereocenters. The molecule has 8 rings (SSSR count). The monoisotopic (exact) mass is 600 g/mol. The molecule has 0 spiro atoms. The minimum absolute atomic E-state index is 0.0857. The summed E-state index contributed by atoms with van der Waals surface area (Å²) in [6, 6.07) is 43.1. The van der Waals surface area contributed by atoms with Crippen LogP contribution in [0.4, 0.5) is 0 Å². The van der Waals surface area contributed by atoms with Gasteiger partial charge in [0.25, 0.3) is 0 Å². The SMILES string of the molecule is C=C/C=C(\SC)c1ccc(-c2c3ccccc3c(-c3cc4c(c5ccccc35)-c3ccccc3C4(C)C)c3ccccc23)s1. The van der Waals surface area contributed by atoms with Gasteiger partial charge >= 0.3 is 0 Å². The van der Waals surface area contributed by atoms with E-state index in [9.17, 15) is 0 Å². The van der Waals surface area contributed by atoms with Crippen LogP contribution in [0, 0.1) is 0 Å². The number of rotatable bonds is 5. The van der Waals surface area contributed by atoms with E-state index in [1.165, 1.54) is 85.9 Å². The molecule has 1 aliphatic carbocycles. The van der Waals surface area contributed by atoms with Gasteiger partial charge in [0.15, 0.2) is 0 Å². The van der Waals surface area contributed by atoms with Crippen molar-refractivity contribution in [3.8, 4) is 32.7 Å². The molecule has 6 aromatic carbocycles. The van der Waals surface area contributed by atoms with Crippen LogP contribution in [0.15, 0.2) is 134 Å². The third kappa shape index (κ3) is 3.91. The lowest BCUT2D eigenvalue weighted by atomic mass is 9.79. The van der Waals surface area contributed by atoms with E-state index in [2.05, 4.69) is 148 Å².